The summed E-state index contributed by atoms with van der Waals surface area (Å²) in [4.78, 5) is 4.05. The monoisotopic (exact) mass is 251 g/mol. The van der Waals surface area contributed by atoms with E-state index in [1.54, 1.807) is 12.5 Å². The molecule has 0 bridgehead atoms. The van der Waals surface area contributed by atoms with E-state index in [1.165, 1.54) is 12.1 Å². The Morgan fingerprint density at radius 3 is 2.94 bits per heavy atom. The molecule has 0 radical (unpaired) electrons. The summed E-state index contributed by atoms with van der Waals surface area (Å²) in [6.07, 6.45) is 4.46. The molecule has 0 saturated heterocycles. The lowest BCUT2D eigenvalue weighted by atomic mass is 10.3. The largest absolute Gasteiger partial charge is 0.377 e. The number of nitrogens with one attached hydrogen (secondary N) is 1. The summed E-state index contributed by atoms with van der Waals surface area (Å²) in [6.45, 7) is 3.35. The van der Waals surface area contributed by atoms with E-state index in [9.17, 15) is 8.78 Å². The van der Waals surface area contributed by atoms with E-state index in [-0.39, 0.29) is 5.69 Å². The van der Waals surface area contributed by atoms with Crippen LogP contribution in [0.1, 0.15) is 19.0 Å². The minimum atomic E-state index is -0.848. The summed E-state index contributed by atoms with van der Waals surface area (Å²) in [5, 5.41) is 2.88. The summed E-state index contributed by atoms with van der Waals surface area (Å²) in [6, 6.07) is 4.09. The van der Waals surface area contributed by atoms with Gasteiger partial charge in [0, 0.05) is 12.7 Å². The van der Waals surface area contributed by atoms with Crippen LogP contribution in [0, 0.1) is 11.6 Å². The van der Waals surface area contributed by atoms with Gasteiger partial charge in [-0.1, -0.05) is 13.0 Å². The van der Waals surface area contributed by atoms with Crippen molar-refractivity contribution in [1.82, 2.24) is 9.55 Å². The maximum Gasteiger partial charge on any atom is 0.181 e. The van der Waals surface area contributed by atoms with Gasteiger partial charge in [-0.25, -0.2) is 13.8 Å². The van der Waals surface area contributed by atoms with Gasteiger partial charge < -0.3 is 9.88 Å². The molecule has 0 amide bonds. The molecule has 1 N–H and O–H groups in total. The highest BCUT2D eigenvalue weighted by molar-refractivity contribution is 5.45. The van der Waals surface area contributed by atoms with Gasteiger partial charge in [-0.2, -0.15) is 0 Å². The molecule has 0 atom stereocenters. The Morgan fingerprint density at radius 2 is 2.17 bits per heavy atom. The van der Waals surface area contributed by atoms with Crippen molar-refractivity contribution in [2.24, 2.45) is 0 Å². The van der Waals surface area contributed by atoms with Gasteiger partial charge in [-0.3, -0.25) is 0 Å². The quantitative estimate of drug-likeness (QED) is 0.884. The maximum absolute atomic E-state index is 13.4. The van der Waals surface area contributed by atoms with Crippen LogP contribution >= 0.6 is 0 Å². The number of imidazole rings is 1. The summed E-state index contributed by atoms with van der Waals surface area (Å²) in [7, 11) is 0. The first-order valence-corrected chi connectivity index (χ1v) is 5.89. The maximum atomic E-state index is 13.4. The number of aryl methyl sites for hydroxylation is 1. The fourth-order valence-electron chi connectivity index (χ4n) is 1.76. The van der Waals surface area contributed by atoms with E-state index >= 15 is 0 Å². The molecule has 0 unspecified atom stereocenters. The lowest BCUT2D eigenvalue weighted by Gasteiger charge is -2.10. The molecule has 2 rings (SSSR count). The van der Waals surface area contributed by atoms with Crippen molar-refractivity contribution >= 4 is 5.69 Å². The Hall–Kier alpha value is -1.91. The Morgan fingerprint density at radius 1 is 1.33 bits per heavy atom. The van der Waals surface area contributed by atoms with Crippen molar-refractivity contribution in [2.75, 3.05) is 5.32 Å². The van der Waals surface area contributed by atoms with E-state index < -0.39 is 11.6 Å². The predicted octanol–water partition coefficient (Wildman–Crippen LogP) is 3.18. The Balaban J connectivity index is 2.07. The Bertz CT molecular complexity index is 523. The number of halogens is 2. The third kappa shape index (κ3) is 2.67. The molecule has 0 aliphatic heterocycles. The van der Waals surface area contributed by atoms with Crippen LogP contribution in [0.25, 0.3) is 0 Å². The van der Waals surface area contributed by atoms with Crippen LogP contribution in [0.4, 0.5) is 14.5 Å². The molecule has 3 nitrogen and oxygen atoms in total. The van der Waals surface area contributed by atoms with Crippen LogP contribution in [0.5, 0.6) is 0 Å². The van der Waals surface area contributed by atoms with Crippen LogP contribution in [0.15, 0.2) is 30.7 Å². The lowest BCUT2D eigenvalue weighted by Crippen LogP contribution is -2.08. The van der Waals surface area contributed by atoms with Crippen molar-refractivity contribution in [1.29, 1.82) is 0 Å². The van der Waals surface area contributed by atoms with Crippen LogP contribution < -0.4 is 5.32 Å². The van der Waals surface area contributed by atoms with Crippen molar-refractivity contribution in [2.45, 2.75) is 26.4 Å². The molecule has 1 aromatic carbocycles. The average Bonchev–Trinajstić information content (AvgIpc) is 2.79. The Labute approximate surface area is 104 Å². The van der Waals surface area contributed by atoms with Crippen LogP contribution in [0.3, 0.4) is 0 Å². The SMILES string of the molecule is CCCn1cncc1CNc1cccc(F)c1F. The third-order valence-electron chi connectivity index (χ3n) is 2.67. The summed E-state index contributed by atoms with van der Waals surface area (Å²) in [5.41, 5.74) is 1.11. The fourth-order valence-corrected chi connectivity index (χ4v) is 1.76. The van der Waals surface area contributed by atoms with Gasteiger partial charge in [0.1, 0.15) is 0 Å². The number of rotatable bonds is 5. The van der Waals surface area contributed by atoms with Crippen molar-refractivity contribution in [3.63, 3.8) is 0 Å². The average molecular weight is 251 g/mol. The second-order valence-electron chi connectivity index (χ2n) is 4.03. The molecule has 96 valence electrons. The molecule has 0 aliphatic carbocycles. The van der Waals surface area contributed by atoms with Gasteiger partial charge in [0.15, 0.2) is 11.6 Å². The topological polar surface area (TPSA) is 29.9 Å². The van der Waals surface area contributed by atoms with Gasteiger partial charge >= 0.3 is 0 Å². The molecule has 18 heavy (non-hydrogen) atoms. The zero-order valence-electron chi connectivity index (χ0n) is 10.2. The number of anilines is 1. The summed E-state index contributed by atoms with van der Waals surface area (Å²) in [5.74, 6) is -1.69. The first kappa shape index (κ1) is 12.5. The molecule has 0 fully saturated rings. The van der Waals surface area contributed by atoms with Crippen molar-refractivity contribution < 1.29 is 8.78 Å². The fraction of sp³-hybridized carbons (Fsp3) is 0.308. The minimum absolute atomic E-state index is 0.166. The number of hydrogen-bond acceptors (Lipinski definition) is 2. The highest BCUT2D eigenvalue weighted by atomic mass is 19.2. The van der Waals surface area contributed by atoms with Gasteiger partial charge in [-0.05, 0) is 18.6 Å². The number of aromatic nitrogens is 2. The summed E-state index contributed by atoms with van der Waals surface area (Å²) >= 11 is 0. The summed E-state index contributed by atoms with van der Waals surface area (Å²) < 4.78 is 28.4. The molecule has 0 saturated carbocycles. The zero-order valence-corrected chi connectivity index (χ0v) is 10.2. The van der Waals surface area contributed by atoms with Crippen LogP contribution in [0.2, 0.25) is 0 Å². The molecule has 0 spiro atoms. The van der Waals surface area contributed by atoms with E-state index in [2.05, 4.69) is 17.2 Å². The second-order valence-corrected chi connectivity index (χ2v) is 4.03. The van der Waals surface area contributed by atoms with Gasteiger partial charge in [-0.15, -0.1) is 0 Å². The number of benzene rings is 1. The molecule has 0 aliphatic rings. The first-order chi connectivity index (χ1) is 8.72. The highest BCUT2D eigenvalue weighted by Crippen LogP contribution is 2.17. The zero-order chi connectivity index (χ0) is 13.0. The van der Waals surface area contributed by atoms with E-state index in [1.807, 2.05) is 4.57 Å². The first-order valence-electron chi connectivity index (χ1n) is 5.89. The smallest absolute Gasteiger partial charge is 0.181 e. The van der Waals surface area contributed by atoms with Gasteiger partial charge in [0.05, 0.1) is 24.3 Å². The van der Waals surface area contributed by atoms with Crippen molar-refractivity contribution in [3.05, 3.63) is 48.1 Å². The van der Waals surface area contributed by atoms with Gasteiger partial charge in [0.25, 0.3) is 0 Å². The predicted molar refractivity (Wildman–Crippen MR) is 66.2 cm³/mol. The van der Waals surface area contributed by atoms with E-state index in [0.29, 0.717) is 6.54 Å². The van der Waals surface area contributed by atoms with E-state index in [0.717, 1.165) is 24.7 Å². The molecule has 5 heteroatoms. The Kier molecular flexibility index (Phi) is 3.92. The number of hydrogen-bond donors (Lipinski definition) is 1. The molecular weight excluding hydrogens is 236 g/mol. The molecular formula is C13H15F2N3. The number of nitrogens with zero attached hydrogens (tertiary/aromatic N) is 2. The van der Waals surface area contributed by atoms with Crippen LogP contribution in [-0.2, 0) is 13.1 Å². The van der Waals surface area contributed by atoms with Gasteiger partial charge in [0.2, 0.25) is 0 Å². The lowest BCUT2D eigenvalue weighted by molar-refractivity contribution is 0.510. The van der Waals surface area contributed by atoms with E-state index in [4.69, 9.17) is 0 Å². The molecule has 1 heterocycles. The highest BCUT2D eigenvalue weighted by Gasteiger charge is 2.08. The van der Waals surface area contributed by atoms with Crippen molar-refractivity contribution in [3.8, 4) is 0 Å². The second kappa shape index (κ2) is 5.62. The third-order valence-corrected chi connectivity index (χ3v) is 2.67. The molecule has 1 aromatic heterocycles. The normalized spacial score (nSPS) is 10.6. The molecule has 2 aromatic rings. The standard InChI is InChI=1S/C13H15F2N3/c1-2-6-18-9-16-7-10(18)8-17-12-5-3-4-11(14)13(12)15/h3-5,7,9,17H,2,6,8H2,1H3. The minimum Gasteiger partial charge on any atom is -0.377 e. The van der Waals surface area contributed by atoms with Crippen LogP contribution in [-0.4, -0.2) is 9.55 Å².